The van der Waals surface area contributed by atoms with Gasteiger partial charge >= 0.3 is 0 Å². The average molecular weight is 1010 g/mol. The number of anilines is 6. The molecular weight excluding hydrogens is 961 g/mol. The predicted octanol–water partition coefficient (Wildman–Crippen LogP) is 17.5. The summed E-state index contributed by atoms with van der Waals surface area (Å²) < 4.78 is 4.79. The van der Waals surface area contributed by atoms with Crippen LogP contribution in [0.25, 0.3) is 55.0 Å². The summed E-state index contributed by atoms with van der Waals surface area (Å²) in [6.07, 6.45) is 17.1. The lowest BCUT2D eigenvalue weighted by Gasteiger charge is -2.43. The Hall–Kier alpha value is -10.1. The minimum absolute atomic E-state index is 1.06. The number of rotatable bonds is 8. The molecule has 77 heavy (non-hydrogen) atoms. The molecule has 0 saturated heterocycles. The summed E-state index contributed by atoms with van der Waals surface area (Å²) in [6.45, 7) is 0. The number of allylic oxidation sites excluding steroid dienone is 4. The number of hydrogen-bond acceptors (Lipinski definition) is 6. The zero-order chi connectivity index (χ0) is 50.6. The van der Waals surface area contributed by atoms with Crippen LogP contribution in [0.3, 0.4) is 0 Å². The molecule has 0 spiro atoms. The fourth-order valence-corrected chi connectivity index (χ4v) is 16.3. The van der Waals surface area contributed by atoms with Crippen molar-refractivity contribution in [1.29, 1.82) is 0 Å². The van der Waals surface area contributed by atoms with Crippen LogP contribution >= 0.6 is 10.0 Å². The summed E-state index contributed by atoms with van der Waals surface area (Å²) in [7, 11) is -2.17. The molecule has 12 aromatic rings. The van der Waals surface area contributed by atoms with Gasteiger partial charge < -0.3 is 9.13 Å². The van der Waals surface area contributed by atoms with Crippen molar-refractivity contribution in [3.8, 4) is 11.4 Å². The van der Waals surface area contributed by atoms with Crippen LogP contribution in [0.15, 0.2) is 311 Å². The molecule has 9 heteroatoms. The third-order valence-electron chi connectivity index (χ3n) is 15.5. The number of aromatic nitrogens is 2. The Labute approximate surface area is 447 Å². The zero-order valence-electron chi connectivity index (χ0n) is 41.7. The van der Waals surface area contributed by atoms with Gasteiger partial charge in [0, 0.05) is 77.3 Å². The van der Waals surface area contributed by atoms with E-state index in [0.717, 1.165) is 45.5 Å². The van der Waals surface area contributed by atoms with Crippen LogP contribution < -0.4 is 20.0 Å². The fourth-order valence-electron chi connectivity index (χ4n) is 12.3. The molecule has 4 aliphatic heterocycles. The van der Waals surface area contributed by atoms with Crippen molar-refractivity contribution < 1.29 is 0 Å². The molecule has 366 valence electrons. The van der Waals surface area contributed by atoms with Gasteiger partial charge in [0.15, 0.2) is 0 Å². The number of para-hydroxylation sites is 4. The molecule has 0 bridgehead atoms. The van der Waals surface area contributed by atoms with Crippen molar-refractivity contribution in [1.82, 2.24) is 19.4 Å². The average Bonchev–Trinajstić information content (AvgIpc) is 4.25. The maximum atomic E-state index is 2.43. The van der Waals surface area contributed by atoms with Gasteiger partial charge in [-0.25, -0.2) is 20.0 Å². The molecule has 0 saturated carbocycles. The number of benzene rings is 10. The Morgan fingerprint density at radius 2 is 0.597 bits per heavy atom. The molecule has 4 aliphatic rings. The van der Waals surface area contributed by atoms with Gasteiger partial charge in [-0.05, 0) is 146 Å². The number of hydrogen-bond donors (Lipinski definition) is 0. The quantitative estimate of drug-likeness (QED) is 0.151. The van der Waals surface area contributed by atoms with Gasteiger partial charge in [-0.3, -0.25) is 0 Å². The van der Waals surface area contributed by atoms with Crippen molar-refractivity contribution in [2.45, 2.75) is 19.6 Å². The third-order valence-corrected chi connectivity index (χ3v) is 19.4. The molecule has 0 unspecified atom stereocenters. The Kier molecular flexibility index (Phi) is 9.55. The second-order valence-corrected chi connectivity index (χ2v) is 22.7. The molecule has 0 N–H and O–H groups in total. The van der Waals surface area contributed by atoms with Crippen LogP contribution in [0.5, 0.6) is 0 Å². The highest BCUT2D eigenvalue weighted by molar-refractivity contribution is 8.34. The largest absolute Gasteiger partial charge is 0.309 e. The molecule has 6 heterocycles. The van der Waals surface area contributed by atoms with Crippen LogP contribution in [0, 0.1) is 0 Å². The highest BCUT2D eigenvalue weighted by Gasteiger charge is 2.39. The van der Waals surface area contributed by atoms with Gasteiger partial charge in [-0.2, -0.15) is 10.2 Å². The van der Waals surface area contributed by atoms with E-state index in [1.54, 1.807) is 0 Å². The lowest BCUT2D eigenvalue weighted by molar-refractivity contribution is 0.408. The number of hydrazine groups is 4. The van der Waals surface area contributed by atoms with E-state index >= 15 is 0 Å². The molecule has 0 fully saturated rings. The van der Waals surface area contributed by atoms with E-state index < -0.39 is 10.0 Å². The molecule has 0 aliphatic carbocycles. The third kappa shape index (κ3) is 6.35. The lowest BCUT2D eigenvalue weighted by Crippen LogP contribution is -2.40. The Morgan fingerprint density at radius 1 is 0.247 bits per heavy atom. The SMILES string of the molecule is C1=CN2c3cc(-n4c5ccccc5c5ccccc54)ccc3N(c3cccc(S(c4ccccc4)(c4ccccc4)c4cccc(N5c6ccc(-n7c8ccccc8c8ccccc87)cc6N6C=CC=CN65)c4)c3)N2C=C1. The van der Waals surface area contributed by atoms with Gasteiger partial charge in [-0.1, -0.05) is 121 Å². The van der Waals surface area contributed by atoms with Crippen LogP contribution in [-0.4, -0.2) is 19.4 Å². The first-order valence-corrected chi connectivity index (χ1v) is 27.7. The standard InChI is InChI=1S/C68H48N8S/c1-3-23-53(24-4-1)77(54-25-5-2-6-26-54,55-27-19-21-51(45-55)75-65-39-37-49(47-67(65)69-41-15-17-43-71(69)75)73-61-33-11-7-29-57(61)58-30-8-12-34-62(58)73)56-28-20-22-52(46-56)76-66-40-38-50(48-68(66)70-42-16-18-44-72(70)76)74-63-35-13-9-31-59(63)60-32-10-14-36-64(60)74/h1-48H. The first-order chi connectivity index (χ1) is 38.2. The monoisotopic (exact) mass is 1010 g/mol. The van der Waals surface area contributed by atoms with E-state index in [1.807, 2.05) is 0 Å². The van der Waals surface area contributed by atoms with Gasteiger partial charge in [-0.15, -0.1) is 10.0 Å². The molecule has 2 aromatic heterocycles. The maximum Gasteiger partial charge on any atom is 0.0923 e. The predicted molar refractivity (Wildman–Crippen MR) is 317 cm³/mol. The Bertz CT molecular complexity index is 4080. The van der Waals surface area contributed by atoms with Crippen molar-refractivity contribution in [2.24, 2.45) is 0 Å². The fraction of sp³-hybridized carbons (Fsp3) is 0. The van der Waals surface area contributed by atoms with Crippen molar-refractivity contribution in [3.63, 3.8) is 0 Å². The van der Waals surface area contributed by atoms with Crippen LogP contribution in [-0.2, 0) is 0 Å². The second-order valence-electron chi connectivity index (χ2n) is 19.6. The summed E-state index contributed by atoms with van der Waals surface area (Å²) >= 11 is 0. The van der Waals surface area contributed by atoms with Gasteiger partial charge in [0.1, 0.15) is 0 Å². The highest BCUT2D eigenvalue weighted by atomic mass is 32.3. The Balaban J connectivity index is 0.852. The first kappa shape index (κ1) is 43.3. The summed E-state index contributed by atoms with van der Waals surface area (Å²) in [5.41, 5.74) is 13.5. The molecule has 0 atom stereocenters. The van der Waals surface area contributed by atoms with Gasteiger partial charge in [0.25, 0.3) is 0 Å². The van der Waals surface area contributed by atoms with Crippen LogP contribution in [0.2, 0.25) is 0 Å². The molecule has 8 nitrogen and oxygen atoms in total. The van der Waals surface area contributed by atoms with E-state index in [9.17, 15) is 0 Å². The topological polar surface area (TPSA) is 29.3 Å². The minimum Gasteiger partial charge on any atom is -0.309 e. The first-order valence-electron chi connectivity index (χ1n) is 26.1. The summed E-state index contributed by atoms with van der Waals surface area (Å²) in [5, 5.41) is 18.7. The van der Waals surface area contributed by atoms with Gasteiger partial charge in [0.2, 0.25) is 0 Å². The van der Waals surface area contributed by atoms with Crippen molar-refractivity contribution in [2.75, 3.05) is 20.0 Å². The number of nitrogens with zero attached hydrogens (tertiary/aromatic N) is 8. The lowest BCUT2D eigenvalue weighted by atomic mass is 10.2. The van der Waals surface area contributed by atoms with Crippen molar-refractivity contribution >= 4 is 87.8 Å². The molecule has 16 rings (SSSR count). The second kappa shape index (κ2) is 17.0. The maximum absolute atomic E-state index is 2.43. The van der Waals surface area contributed by atoms with E-state index in [-0.39, 0.29) is 0 Å². The molecule has 10 aromatic carbocycles. The smallest absolute Gasteiger partial charge is 0.0923 e. The normalized spacial score (nSPS) is 14.6. The summed E-state index contributed by atoms with van der Waals surface area (Å²) in [4.78, 5) is 4.95. The molecule has 0 amide bonds. The zero-order valence-corrected chi connectivity index (χ0v) is 42.5. The highest BCUT2D eigenvalue weighted by Crippen LogP contribution is 2.74. The Morgan fingerprint density at radius 3 is 1.00 bits per heavy atom. The van der Waals surface area contributed by atoms with Crippen LogP contribution in [0.1, 0.15) is 0 Å². The van der Waals surface area contributed by atoms with E-state index in [0.29, 0.717) is 0 Å². The summed E-state index contributed by atoms with van der Waals surface area (Å²) in [5.74, 6) is 0. The van der Waals surface area contributed by atoms with Crippen molar-refractivity contribution in [3.05, 3.63) is 292 Å². The van der Waals surface area contributed by atoms with E-state index in [2.05, 4.69) is 331 Å². The van der Waals surface area contributed by atoms with E-state index in [4.69, 9.17) is 0 Å². The van der Waals surface area contributed by atoms with Gasteiger partial charge in [0.05, 0.1) is 56.2 Å². The number of fused-ring (bicyclic) bond motifs is 12. The molecule has 0 radical (unpaired) electrons. The van der Waals surface area contributed by atoms with E-state index in [1.165, 1.54) is 63.2 Å². The molecular formula is C68H48N8S. The van der Waals surface area contributed by atoms with Crippen LogP contribution in [0.4, 0.5) is 34.1 Å². The summed E-state index contributed by atoms with van der Waals surface area (Å²) in [6, 6.07) is 89.5. The minimum atomic E-state index is -2.17.